The number of carbonyl (C=O) groups is 1. The highest BCUT2D eigenvalue weighted by molar-refractivity contribution is 5.78. The number of hydrogen-bond acceptors (Lipinski definition) is 2. The molecule has 0 heterocycles. The average molecular weight is 234 g/mol. The van der Waals surface area contributed by atoms with Crippen LogP contribution in [0.1, 0.15) is 47.9 Å². The average Bonchev–Trinajstić information content (AvgIpc) is 2.28. The normalized spacial score (nSPS) is 16.4. The maximum absolute atomic E-state index is 11.1. The molecule has 0 saturated carbocycles. The molecule has 1 aromatic carbocycles. The zero-order valence-electron chi connectivity index (χ0n) is 10.3. The van der Waals surface area contributed by atoms with Crippen molar-refractivity contribution in [3.05, 3.63) is 28.3 Å². The Labute approximate surface area is 101 Å². The molecule has 0 fully saturated rings. The largest absolute Gasteiger partial charge is 0.508 e. The predicted molar refractivity (Wildman–Crippen MR) is 65.5 cm³/mol. The third-order valence-electron chi connectivity index (χ3n) is 3.70. The minimum atomic E-state index is -0.878. The van der Waals surface area contributed by atoms with Gasteiger partial charge in [-0.3, -0.25) is 4.79 Å². The molecule has 0 aromatic heterocycles. The summed E-state index contributed by atoms with van der Waals surface area (Å²) in [6, 6.07) is 1.71. The number of aromatic hydroxyl groups is 1. The van der Waals surface area contributed by atoms with Crippen LogP contribution >= 0.6 is 0 Å². The Hall–Kier alpha value is -1.51. The highest BCUT2D eigenvalue weighted by Crippen LogP contribution is 2.37. The summed E-state index contributed by atoms with van der Waals surface area (Å²) in [4.78, 5) is 11.1. The Morgan fingerprint density at radius 2 is 1.88 bits per heavy atom. The van der Waals surface area contributed by atoms with Crippen LogP contribution in [-0.4, -0.2) is 16.2 Å². The lowest BCUT2D eigenvalue weighted by Crippen LogP contribution is -2.15. The molecule has 1 aromatic rings. The van der Waals surface area contributed by atoms with Crippen LogP contribution in [0.3, 0.4) is 0 Å². The van der Waals surface area contributed by atoms with E-state index < -0.39 is 11.9 Å². The molecule has 17 heavy (non-hydrogen) atoms. The second-order valence-corrected chi connectivity index (χ2v) is 4.85. The van der Waals surface area contributed by atoms with Crippen LogP contribution in [0, 0.1) is 6.92 Å². The number of phenolic OH excluding ortho intramolecular Hbond substituents is 1. The Morgan fingerprint density at radius 1 is 1.29 bits per heavy atom. The number of carboxylic acid groups (broad SMARTS) is 1. The Morgan fingerprint density at radius 3 is 2.47 bits per heavy atom. The van der Waals surface area contributed by atoms with Crippen LogP contribution in [0.2, 0.25) is 0 Å². The van der Waals surface area contributed by atoms with Gasteiger partial charge in [0.2, 0.25) is 0 Å². The minimum absolute atomic E-state index is 0.137. The molecule has 1 atom stereocenters. The summed E-state index contributed by atoms with van der Waals surface area (Å²) >= 11 is 0. The second-order valence-electron chi connectivity index (χ2n) is 4.85. The lowest BCUT2D eigenvalue weighted by atomic mass is 9.81. The molecule has 3 heteroatoms. The molecule has 0 spiro atoms. The smallest absolute Gasteiger partial charge is 0.310 e. The van der Waals surface area contributed by atoms with Gasteiger partial charge in [-0.05, 0) is 62.3 Å². The molecule has 3 nitrogen and oxygen atoms in total. The van der Waals surface area contributed by atoms with Crippen LogP contribution < -0.4 is 0 Å². The summed E-state index contributed by atoms with van der Waals surface area (Å²) in [5, 5.41) is 19.1. The van der Waals surface area contributed by atoms with E-state index in [1.165, 1.54) is 5.56 Å². The molecule has 0 saturated heterocycles. The van der Waals surface area contributed by atoms with Crippen molar-refractivity contribution in [3.63, 3.8) is 0 Å². The van der Waals surface area contributed by atoms with Crippen molar-refractivity contribution >= 4 is 5.97 Å². The van der Waals surface area contributed by atoms with Gasteiger partial charge in [-0.1, -0.05) is 0 Å². The van der Waals surface area contributed by atoms with E-state index >= 15 is 0 Å². The van der Waals surface area contributed by atoms with Crippen molar-refractivity contribution in [1.29, 1.82) is 0 Å². The van der Waals surface area contributed by atoms with E-state index in [1.54, 1.807) is 13.0 Å². The highest BCUT2D eigenvalue weighted by atomic mass is 16.4. The highest BCUT2D eigenvalue weighted by Gasteiger charge is 2.25. The first-order valence-electron chi connectivity index (χ1n) is 6.09. The van der Waals surface area contributed by atoms with Gasteiger partial charge in [-0.25, -0.2) is 0 Å². The summed E-state index contributed by atoms with van der Waals surface area (Å²) in [7, 11) is 0. The minimum Gasteiger partial charge on any atom is -0.508 e. The first-order valence-corrected chi connectivity index (χ1v) is 6.09. The quantitative estimate of drug-likeness (QED) is 0.827. The summed E-state index contributed by atoms with van der Waals surface area (Å²) in [6.07, 6.45) is 4.12. The summed E-state index contributed by atoms with van der Waals surface area (Å²) < 4.78 is 0. The fourth-order valence-electron chi connectivity index (χ4n) is 2.77. The number of aliphatic carboxylic acids is 1. The Kier molecular flexibility index (Phi) is 3.09. The lowest BCUT2D eigenvalue weighted by Gasteiger charge is -2.24. The van der Waals surface area contributed by atoms with Gasteiger partial charge in [0, 0.05) is 5.56 Å². The standard InChI is InChI=1S/C14H18O3/c1-8-7-12(15)13(9(2)14(16)17)11-6-4-3-5-10(8)11/h7,9,15H,3-6H2,1-2H3,(H,16,17). The maximum Gasteiger partial charge on any atom is 0.310 e. The van der Waals surface area contributed by atoms with Gasteiger partial charge in [0.1, 0.15) is 5.75 Å². The molecule has 0 bridgehead atoms. The molecular weight excluding hydrogens is 216 g/mol. The van der Waals surface area contributed by atoms with Gasteiger partial charge in [0.15, 0.2) is 0 Å². The molecule has 1 aliphatic rings. The van der Waals surface area contributed by atoms with E-state index in [2.05, 4.69) is 0 Å². The zero-order valence-corrected chi connectivity index (χ0v) is 10.3. The number of phenols is 1. The van der Waals surface area contributed by atoms with Crippen molar-refractivity contribution in [2.24, 2.45) is 0 Å². The molecule has 0 radical (unpaired) electrons. The van der Waals surface area contributed by atoms with E-state index in [9.17, 15) is 9.90 Å². The van der Waals surface area contributed by atoms with Crippen LogP contribution in [0.25, 0.3) is 0 Å². The number of benzene rings is 1. The maximum atomic E-state index is 11.1. The molecule has 1 unspecified atom stereocenters. The van der Waals surface area contributed by atoms with Crippen LogP contribution in [0.4, 0.5) is 0 Å². The third kappa shape index (κ3) is 2.02. The zero-order chi connectivity index (χ0) is 12.6. The number of carboxylic acids is 1. The van der Waals surface area contributed by atoms with Crippen LogP contribution in [0.15, 0.2) is 6.07 Å². The van der Waals surface area contributed by atoms with Gasteiger partial charge in [0.25, 0.3) is 0 Å². The molecule has 2 rings (SSSR count). The third-order valence-corrected chi connectivity index (χ3v) is 3.70. The first-order chi connectivity index (χ1) is 8.02. The fraction of sp³-hybridized carbons (Fsp3) is 0.500. The van der Waals surface area contributed by atoms with Gasteiger partial charge >= 0.3 is 5.97 Å². The topological polar surface area (TPSA) is 57.5 Å². The van der Waals surface area contributed by atoms with Gasteiger partial charge < -0.3 is 10.2 Å². The monoisotopic (exact) mass is 234 g/mol. The van der Waals surface area contributed by atoms with E-state index in [1.807, 2.05) is 6.92 Å². The van der Waals surface area contributed by atoms with Gasteiger partial charge in [0.05, 0.1) is 5.92 Å². The van der Waals surface area contributed by atoms with Crippen molar-refractivity contribution in [2.45, 2.75) is 45.4 Å². The number of fused-ring (bicyclic) bond motifs is 1. The Balaban J connectivity index is 2.61. The van der Waals surface area contributed by atoms with Crippen molar-refractivity contribution in [3.8, 4) is 5.75 Å². The first kappa shape index (κ1) is 12.0. The summed E-state index contributed by atoms with van der Waals surface area (Å²) in [5.41, 5.74) is 4.03. The summed E-state index contributed by atoms with van der Waals surface area (Å²) in [6.45, 7) is 3.63. The Bertz CT molecular complexity index is 463. The molecule has 92 valence electrons. The van der Waals surface area contributed by atoms with E-state index in [-0.39, 0.29) is 5.75 Å². The number of rotatable bonds is 2. The van der Waals surface area contributed by atoms with Crippen molar-refractivity contribution in [1.82, 2.24) is 0 Å². The van der Waals surface area contributed by atoms with E-state index in [0.717, 1.165) is 36.8 Å². The molecular formula is C14H18O3. The lowest BCUT2D eigenvalue weighted by molar-refractivity contribution is -0.138. The predicted octanol–water partition coefficient (Wildman–Crippen LogP) is 2.77. The second kappa shape index (κ2) is 4.40. The van der Waals surface area contributed by atoms with Crippen LogP contribution in [-0.2, 0) is 17.6 Å². The summed E-state index contributed by atoms with van der Waals surface area (Å²) in [5.74, 6) is -1.38. The molecule has 0 aliphatic heterocycles. The molecule has 2 N–H and O–H groups in total. The fourth-order valence-corrected chi connectivity index (χ4v) is 2.77. The number of aryl methyl sites for hydroxylation is 1. The van der Waals surface area contributed by atoms with Crippen LogP contribution in [0.5, 0.6) is 5.75 Å². The van der Waals surface area contributed by atoms with E-state index in [0.29, 0.717) is 5.56 Å². The van der Waals surface area contributed by atoms with Gasteiger partial charge in [-0.2, -0.15) is 0 Å². The van der Waals surface area contributed by atoms with E-state index in [4.69, 9.17) is 5.11 Å². The number of hydrogen-bond donors (Lipinski definition) is 2. The molecule has 0 amide bonds. The SMILES string of the molecule is Cc1cc(O)c(C(C)C(=O)O)c2c1CCCC2. The van der Waals surface area contributed by atoms with Crippen molar-refractivity contribution in [2.75, 3.05) is 0 Å². The van der Waals surface area contributed by atoms with Crippen molar-refractivity contribution < 1.29 is 15.0 Å². The van der Waals surface area contributed by atoms with Gasteiger partial charge in [-0.15, -0.1) is 0 Å². The molecule has 1 aliphatic carbocycles.